The highest BCUT2D eigenvalue weighted by atomic mass is 16.2. The molecule has 0 aliphatic carbocycles. The van der Waals surface area contributed by atoms with E-state index in [0.717, 1.165) is 38.6 Å². The van der Waals surface area contributed by atoms with Gasteiger partial charge in [0.25, 0.3) is 0 Å². The molecule has 4 N–H and O–H groups in total. The van der Waals surface area contributed by atoms with E-state index in [2.05, 4.69) is 17.6 Å². The van der Waals surface area contributed by atoms with Gasteiger partial charge in [-0.2, -0.15) is 0 Å². The lowest BCUT2D eigenvalue weighted by Crippen LogP contribution is -2.45. The minimum absolute atomic E-state index is 0.0269. The van der Waals surface area contributed by atoms with Crippen LogP contribution in [0.5, 0.6) is 0 Å². The standard InChI is InChI=1S/C13H25N3O2/c1-10(7-8-14)5-6-12(17)16-11-4-2-3-9-15-13(11)18/h10-11H,2-9,14H2,1H3,(H,15,18)(H,16,17). The Labute approximate surface area is 109 Å². The Bertz CT molecular complexity index is 281. The van der Waals surface area contributed by atoms with Crippen LogP contribution in [0.4, 0.5) is 0 Å². The average molecular weight is 255 g/mol. The van der Waals surface area contributed by atoms with E-state index in [-0.39, 0.29) is 17.9 Å². The van der Waals surface area contributed by atoms with Gasteiger partial charge in [-0.3, -0.25) is 9.59 Å². The lowest BCUT2D eigenvalue weighted by atomic mass is 10.0. The van der Waals surface area contributed by atoms with Crippen LogP contribution in [0.15, 0.2) is 0 Å². The van der Waals surface area contributed by atoms with Crippen molar-refractivity contribution in [3.8, 4) is 0 Å². The van der Waals surface area contributed by atoms with Gasteiger partial charge in [0.1, 0.15) is 6.04 Å². The van der Waals surface area contributed by atoms with E-state index in [1.807, 2.05) is 0 Å². The van der Waals surface area contributed by atoms with Crippen molar-refractivity contribution in [1.82, 2.24) is 10.6 Å². The topological polar surface area (TPSA) is 84.2 Å². The Morgan fingerprint density at radius 2 is 2.28 bits per heavy atom. The van der Waals surface area contributed by atoms with Crippen molar-refractivity contribution in [1.29, 1.82) is 0 Å². The molecule has 2 atom stereocenters. The molecule has 0 spiro atoms. The first kappa shape index (κ1) is 15.0. The van der Waals surface area contributed by atoms with Crippen molar-refractivity contribution >= 4 is 11.8 Å². The molecule has 18 heavy (non-hydrogen) atoms. The van der Waals surface area contributed by atoms with E-state index in [4.69, 9.17) is 5.73 Å². The SMILES string of the molecule is CC(CCN)CCC(=O)NC1CCCCNC1=O. The van der Waals surface area contributed by atoms with Gasteiger partial charge in [0.15, 0.2) is 0 Å². The second-order valence-electron chi connectivity index (χ2n) is 5.13. The van der Waals surface area contributed by atoms with Crippen LogP contribution < -0.4 is 16.4 Å². The number of carbonyl (C=O) groups is 2. The van der Waals surface area contributed by atoms with Crippen molar-refractivity contribution in [2.24, 2.45) is 11.7 Å². The van der Waals surface area contributed by atoms with Crippen LogP contribution in [0.2, 0.25) is 0 Å². The zero-order valence-electron chi connectivity index (χ0n) is 11.2. The molecule has 1 aliphatic rings. The molecule has 1 fully saturated rings. The zero-order chi connectivity index (χ0) is 13.4. The van der Waals surface area contributed by atoms with Crippen LogP contribution in [-0.4, -0.2) is 30.9 Å². The summed E-state index contributed by atoms with van der Waals surface area (Å²) in [5, 5.41) is 5.64. The molecule has 0 aromatic carbocycles. The van der Waals surface area contributed by atoms with Crippen LogP contribution in [-0.2, 0) is 9.59 Å². The van der Waals surface area contributed by atoms with E-state index in [0.29, 0.717) is 18.9 Å². The van der Waals surface area contributed by atoms with Crippen molar-refractivity contribution < 1.29 is 9.59 Å². The molecule has 1 saturated heterocycles. The maximum absolute atomic E-state index is 11.8. The maximum Gasteiger partial charge on any atom is 0.242 e. The van der Waals surface area contributed by atoms with E-state index in [1.54, 1.807) is 0 Å². The number of hydrogen-bond acceptors (Lipinski definition) is 3. The first-order valence-electron chi connectivity index (χ1n) is 6.90. The number of nitrogens with two attached hydrogens (primary N) is 1. The molecule has 0 radical (unpaired) electrons. The molecule has 2 unspecified atom stereocenters. The van der Waals surface area contributed by atoms with Crippen LogP contribution in [0.25, 0.3) is 0 Å². The summed E-state index contributed by atoms with van der Waals surface area (Å²) in [6.07, 6.45) is 4.97. The fourth-order valence-corrected chi connectivity index (χ4v) is 2.15. The van der Waals surface area contributed by atoms with Crippen molar-refractivity contribution in [3.63, 3.8) is 0 Å². The zero-order valence-corrected chi connectivity index (χ0v) is 11.2. The molecule has 0 aromatic heterocycles. The number of carbonyl (C=O) groups excluding carboxylic acids is 2. The molecule has 0 bridgehead atoms. The van der Waals surface area contributed by atoms with Gasteiger partial charge in [0, 0.05) is 13.0 Å². The number of nitrogens with one attached hydrogen (secondary N) is 2. The largest absolute Gasteiger partial charge is 0.354 e. The van der Waals surface area contributed by atoms with E-state index < -0.39 is 0 Å². The molecule has 5 nitrogen and oxygen atoms in total. The monoisotopic (exact) mass is 255 g/mol. The summed E-state index contributed by atoms with van der Waals surface area (Å²) in [6, 6.07) is -0.343. The Morgan fingerprint density at radius 3 is 3.00 bits per heavy atom. The van der Waals surface area contributed by atoms with Gasteiger partial charge < -0.3 is 16.4 Å². The molecular formula is C13H25N3O2. The molecule has 1 heterocycles. The Morgan fingerprint density at radius 1 is 1.50 bits per heavy atom. The summed E-state index contributed by atoms with van der Waals surface area (Å²) in [5.41, 5.74) is 5.47. The van der Waals surface area contributed by atoms with Crippen LogP contribution in [0.1, 0.15) is 45.4 Å². The Balaban J connectivity index is 2.27. The summed E-state index contributed by atoms with van der Waals surface area (Å²) >= 11 is 0. The van der Waals surface area contributed by atoms with Gasteiger partial charge in [-0.1, -0.05) is 6.92 Å². The Hall–Kier alpha value is -1.10. The third-order valence-electron chi connectivity index (χ3n) is 3.39. The van der Waals surface area contributed by atoms with E-state index in [1.165, 1.54) is 0 Å². The van der Waals surface area contributed by atoms with Crippen molar-refractivity contribution in [3.05, 3.63) is 0 Å². The molecular weight excluding hydrogens is 230 g/mol. The molecule has 2 amide bonds. The second kappa shape index (κ2) is 8.08. The Kier molecular flexibility index (Phi) is 6.72. The van der Waals surface area contributed by atoms with Crippen molar-refractivity contribution in [2.45, 2.75) is 51.5 Å². The third-order valence-corrected chi connectivity index (χ3v) is 3.39. The van der Waals surface area contributed by atoms with Gasteiger partial charge in [0.2, 0.25) is 11.8 Å². The molecule has 104 valence electrons. The predicted molar refractivity (Wildman–Crippen MR) is 70.9 cm³/mol. The number of hydrogen-bond donors (Lipinski definition) is 3. The first-order chi connectivity index (χ1) is 8.63. The summed E-state index contributed by atoms with van der Waals surface area (Å²) in [5.74, 6) is 0.389. The summed E-state index contributed by atoms with van der Waals surface area (Å²) < 4.78 is 0. The predicted octanol–water partition coefficient (Wildman–Crippen LogP) is 0.536. The highest BCUT2D eigenvalue weighted by Crippen LogP contribution is 2.10. The first-order valence-corrected chi connectivity index (χ1v) is 6.90. The highest BCUT2D eigenvalue weighted by molar-refractivity contribution is 5.87. The average Bonchev–Trinajstić information content (AvgIpc) is 2.53. The van der Waals surface area contributed by atoms with Gasteiger partial charge >= 0.3 is 0 Å². The van der Waals surface area contributed by atoms with Gasteiger partial charge in [0.05, 0.1) is 0 Å². The summed E-state index contributed by atoms with van der Waals surface area (Å²) in [4.78, 5) is 23.4. The fraction of sp³-hybridized carbons (Fsp3) is 0.846. The van der Waals surface area contributed by atoms with Gasteiger partial charge in [-0.25, -0.2) is 0 Å². The van der Waals surface area contributed by atoms with E-state index in [9.17, 15) is 9.59 Å². The number of rotatable bonds is 6. The molecule has 5 heteroatoms. The lowest BCUT2D eigenvalue weighted by molar-refractivity contribution is -0.129. The molecule has 0 saturated carbocycles. The van der Waals surface area contributed by atoms with Gasteiger partial charge in [-0.15, -0.1) is 0 Å². The molecule has 0 aromatic rings. The van der Waals surface area contributed by atoms with Crippen molar-refractivity contribution in [2.75, 3.05) is 13.1 Å². The quantitative estimate of drug-likeness (QED) is 0.647. The minimum atomic E-state index is -0.343. The minimum Gasteiger partial charge on any atom is -0.354 e. The third kappa shape index (κ3) is 5.49. The number of amides is 2. The highest BCUT2D eigenvalue weighted by Gasteiger charge is 2.22. The van der Waals surface area contributed by atoms with Gasteiger partial charge in [-0.05, 0) is 44.6 Å². The maximum atomic E-state index is 11.8. The molecule has 1 aliphatic heterocycles. The normalized spacial score (nSPS) is 21.9. The van der Waals surface area contributed by atoms with Crippen LogP contribution >= 0.6 is 0 Å². The fourth-order valence-electron chi connectivity index (χ4n) is 2.15. The smallest absolute Gasteiger partial charge is 0.242 e. The summed E-state index contributed by atoms with van der Waals surface area (Å²) in [7, 11) is 0. The van der Waals surface area contributed by atoms with Crippen LogP contribution in [0, 0.1) is 5.92 Å². The van der Waals surface area contributed by atoms with Crippen LogP contribution in [0.3, 0.4) is 0 Å². The van der Waals surface area contributed by atoms with E-state index >= 15 is 0 Å². The second-order valence-corrected chi connectivity index (χ2v) is 5.13. The molecule has 1 rings (SSSR count). The summed E-state index contributed by atoms with van der Waals surface area (Å²) in [6.45, 7) is 3.48. The lowest BCUT2D eigenvalue weighted by Gasteiger charge is -2.16.